The van der Waals surface area contributed by atoms with Crippen molar-refractivity contribution in [2.75, 3.05) is 0 Å². The molecule has 0 bridgehead atoms. The van der Waals surface area contributed by atoms with Crippen LogP contribution in [0.5, 0.6) is 0 Å². The molecule has 0 aliphatic heterocycles. The largest absolute Gasteiger partial charge is 0.185 e. The summed E-state index contributed by atoms with van der Waals surface area (Å²) in [4.78, 5) is 1.56. The lowest BCUT2D eigenvalue weighted by Crippen LogP contribution is -2.35. The van der Waals surface area contributed by atoms with E-state index in [4.69, 9.17) is 11.1 Å². The predicted molar refractivity (Wildman–Crippen MR) is 87.7 cm³/mol. The molecular weight excluding hydrogens is 275 g/mol. The highest BCUT2D eigenvalue weighted by Gasteiger charge is 2.30. The first-order valence-electron chi connectivity index (χ1n) is 6.27. The Labute approximate surface area is 117 Å². The van der Waals surface area contributed by atoms with Gasteiger partial charge < -0.3 is 0 Å². The molecule has 96 valence electrons. The molecule has 0 N–H and O–H groups in total. The van der Waals surface area contributed by atoms with Crippen LogP contribution in [0.1, 0.15) is 16.4 Å². The molecule has 0 radical (unpaired) electrons. The molecule has 3 heteroatoms. The van der Waals surface area contributed by atoms with Crippen LogP contribution in [0.3, 0.4) is 0 Å². The van der Waals surface area contributed by atoms with Crippen LogP contribution >= 0.6 is 18.6 Å². The molecule has 0 nitrogen and oxygen atoms in total. The predicted octanol–water partition coefficient (Wildman–Crippen LogP) is 5.24. The maximum absolute atomic E-state index is 6.78. The molecule has 1 unspecified atom stereocenters. The molecule has 0 amide bonds. The summed E-state index contributed by atoms with van der Waals surface area (Å²) in [6, 6.07) is 10.8. The van der Waals surface area contributed by atoms with E-state index in [0.29, 0.717) is 0 Å². The molecule has 0 fully saturated rings. The van der Waals surface area contributed by atoms with Crippen molar-refractivity contribution >= 4 is 30.9 Å². The summed E-state index contributed by atoms with van der Waals surface area (Å²) in [6.07, 6.45) is 0. The fourth-order valence-electron chi connectivity index (χ4n) is 2.56. The Kier molecular flexibility index (Phi) is 3.78. The van der Waals surface area contributed by atoms with E-state index in [1.54, 1.807) is 4.92 Å². The number of hydrogen-bond acceptors (Lipinski definition) is 0. The summed E-state index contributed by atoms with van der Waals surface area (Å²) in [5.74, 6) is 0. The Balaban J connectivity index is 2.79. The third-order valence-corrected chi connectivity index (χ3v) is 11.0. The summed E-state index contributed by atoms with van der Waals surface area (Å²) < 4.78 is 0. The van der Waals surface area contributed by atoms with Gasteiger partial charge in [0.1, 0.15) is 0 Å². The van der Waals surface area contributed by atoms with Crippen LogP contribution in [0.4, 0.5) is 0 Å². The van der Waals surface area contributed by atoms with Gasteiger partial charge in [-0.15, -0.1) is 0 Å². The van der Waals surface area contributed by atoms with E-state index in [0.717, 1.165) is 0 Å². The molecule has 18 heavy (non-hydrogen) atoms. The van der Waals surface area contributed by atoms with Gasteiger partial charge in [0.2, 0.25) is 0 Å². The van der Waals surface area contributed by atoms with Crippen molar-refractivity contribution in [1.29, 1.82) is 0 Å². The summed E-state index contributed by atoms with van der Waals surface area (Å²) in [7, 11) is -2.12. The van der Waals surface area contributed by atoms with Crippen LogP contribution in [0.2, 0.25) is 13.1 Å². The van der Waals surface area contributed by atoms with Gasteiger partial charge in [-0.05, 0) is 47.4 Å². The highest BCUT2D eigenvalue weighted by atomic mass is 35.6. The average molecular weight is 295 g/mol. The first-order chi connectivity index (χ1) is 8.34. The first kappa shape index (κ1) is 13.9. The molecule has 0 saturated carbocycles. The monoisotopic (exact) mass is 294 g/mol. The highest BCUT2D eigenvalue weighted by Crippen LogP contribution is 2.46. The van der Waals surface area contributed by atoms with Gasteiger partial charge in [0.05, 0.1) is 0 Å². The third-order valence-electron chi connectivity index (χ3n) is 3.60. The van der Waals surface area contributed by atoms with Crippen molar-refractivity contribution in [3.63, 3.8) is 0 Å². The van der Waals surface area contributed by atoms with Crippen LogP contribution in [0, 0.1) is 20.8 Å². The zero-order valence-corrected chi connectivity index (χ0v) is 14.4. The quantitative estimate of drug-likeness (QED) is 0.525. The van der Waals surface area contributed by atoms with E-state index in [2.05, 4.69) is 64.2 Å². The Morgan fingerprint density at radius 2 is 1.50 bits per heavy atom. The molecule has 0 spiro atoms. The van der Waals surface area contributed by atoms with Gasteiger partial charge in [-0.3, -0.25) is 0 Å². The second-order valence-electron chi connectivity index (χ2n) is 5.33. The summed E-state index contributed by atoms with van der Waals surface area (Å²) in [5.41, 5.74) is 2.91. The molecule has 1 aromatic carbocycles. The summed E-state index contributed by atoms with van der Waals surface area (Å²) in [6.45, 7) is 11.3. The first-order valence-corrected chi connectivity index (χ1v) is 11.6. The SMILES string of the molecule is Cc1c(C)c([Si](C)(C)Cl)p(-c2ccccc2)c1C. The smallest absolute Gasteiger partial charge is 0.161 e. The van der Waals surface area contributed by atoms with Gasteiger partial charge in [0, 0.05) is 0 Å². The Morgan fingerprint density at radius 3 is 2.00 bits per heavy atom. The Bertz CT molecular complexity index is 564. The van der Waals surface area contributed by atoms with Gasteiger partial charge >= 0.3 is 0 Å². The van der Waals surface area contributed by atoms with Crippen molar-refractivity contribution in [1.82, 2.24) is 0 Å². The number of hydrogen-bond donors (Lipinski definition) is 0. The number of benzene rings is 1. The molecule has 1 atom stereocenters. The molecule has 1 aromatic heterocycles. The zero-order valence-electron chi connectivity index (χ0n) is 11.7. The minimum absolute atomic E-state index is 0.343. The topological polar surface area (TPSA) is 0 Å². The van der Waals surface area contributed by atoms with E-state index in [9.17, 15) is 0 Å². The van der Waals surface area contributed by atoms with Crippen LogP contribution in [-0.2, 0) is 0 Å². The van der Waals surface area contributed by atoms with Gasteiger partial charge in [0.25, 0.3) is 0 Å². The van der Waals surface area contributed by atoms with E-state index in [1.807, 2.05) is 0 Å². The fraction of sp³-hybridized carbons (Fsp3) is 0.333. The van der Waals surface area contributed by atoms with Crippen molar-refractivity contribution in [2.45, 2.75) is 33.9 Å². The van der Waals surface area contributed by atoms with Crippen molar-refractivity contribution in [3.05, 3.63) is 46.8 Å². The molecular formula is C15H20ClPSi. The standard InChI is InChI=1S/C15H20ClPSi/c1-11-12(2)15(18(4,5)16)17(13(11)3)14-9-7-6-8-10-14/h6-10H,1-5H3. The lowest BCUT2D eigenvalue weighted by molar-refractivity contribution is 1.36. The zero-order chi connectivity index (χ0) is 13.5. The minimum Gasteiger partial charge on any atom is -0.161 e. The third kappa shape index (κ3) is 2.32. The van der Waals surface area contributed by atoms with Crippen molar-refractivity contribution in [2.24, 2.45) is 0 Å². The molecule has 2 rings (SSSR count). The maximum Gasteiger partial charge on any atom is 0.185 e. The molecule has 0 saturated heterocycles. The highest BCUT2D eigenvalue weighted by molar-refractivity contribution is 7.67. The van der Waals surface area contributed by atoms with Crippen molar-refractivity contribution < 1.29 is 0 Å². The van der Waals surface area contributed by atoms with Crippen LogP contribution in [-0.4, -0.2) is 7.38 Å². The lowest BCUT2D eigenvalue weighted by atomic mass is 10.2. The average Bonchev–Trinajstić information content (AvgIpc) is 2.54. The number of rotatable bonds is 2. The lowest BCUT2D eigenvalue weighted by Gasteiger charge is -2.18. The molecule has 1 heterocycles. The van der Waals surface area contributed by atoms with Gasteiger partial charge in [0.15, 0.2) is 7.38 Å². The van der Waals surface area contributed by atoms with Crippen LogP contribution in [0.25, 0.3) is 5.30 Å². The molecule has 2 aromatic rings. The maximum atomic E-state index is 6.78. The minimum atomic E-state index is -1.78. The second kappa shape index (κ2) is 4.88. The molecule has 0 aliphatic carbocycles. The van der Waals surface area contributed by atoms with E-state index < -0.39 is 7.38 Å². The summed E-state index contributed by atoms with van der Waals surface area (Å²) in [5, 5.41) is 2.97. The van der Waals surface area contributed by atoms with Crippen molar-refractivity contribution in [3.8, 4) is 5.30 Å². The van der Waals surface area contributed by atoms with Gasteiger partial charge in [-0.25, -0.2) is 0 Å². The number of halogens is 1. The van der Waals surface area contributed by atoms with Crippen LogP contribution < -0.4 is 4.92 Å². The second-order valence-corrected chi connectivity index (χ2v) is 14.3. The fourth-order valence-corrected chi connectivity index (χ4v) is 10.3. The summed E-state index contributed by atoms with van der Waals surface area (Å²) >= 11 is 6.78. The normalized spacial score (nSPS) is 12.9. The van der Waals surface area contributed by atoms with E-state index in [-0.39, 0.29) is 7.53 Å². The Morgan fingerprint density at radius 1 is 0.944 bits per heavy atom. The molecule has 0 aliphatic rings. The Hall–Kier alpha value is -0.493. The van der Waals surface area contributed by atoms with E-state index >= 15 is 0 Å². The van der Waals surface area contributed by atoms with E-state index in [1.165, 1.54) is 21.7 Å². The van der Waals surface area contributed by atoms with Gasteiger partial charge in [-0.2, -0.15) is 11.1 Å². The van der Waals surface area contributed by atoms with Crippen LogP contribution in [0.15, 0.2) is 30.3 Å². The van der Waals surface area contributed by atoms with Gasteiger partial charge in [-0.1, -0.05) is 51.0 Å².